The van der Waals surface area contributed by atoms with Crippen LogP contribution in [-0.2, 0) is 22.1 Å². The smallest absolute Gasteiger partial charge is 0.229 e. The molecule has 0 saturated carbocycles. The van der Waals surface area contributed by atoms with E-state index in [0.717, 1.165) is 28.4 Å². The predicted molar refractivity (Wildman–Crippen MR) is 124 cm³/mol. The van der Waals surface area contributed by atoms with Gasteiger partial charge in [0, 0.05) is 16.6 Å². The molecule has 162 valence electrons. The van der Waals surface area contributed by atoms with Gasteiger partial charge in [0.05, 0.1) is 30.2 Å². The topological polar surface area (TPSA) is 81.8 Å². The van der Waals surface area contributed by atoms with Crippen molar-refractivity contribution in [3.05, 3.63) is 77.2 Å². The largest absolute Gasteiger partial charge is 0.331 e. The van der Waals surface area contributed by atoms with E-state index in [0.29, 0.717) is 23.7 Å². The molecule has 2 heterocycles. The van der Waals surface area contributed by atoms with Crippen LogP contribution >= 0.6 is 11.6 Å². The Morgan fingerprint density at radius 3 is 2.45 bits per heavy atom. The number of hydrogen-bond acceptors (Lipinski definition) is 4. The number of aromatic nitrogens is 4. The van der Waals surface area contributed by atoms with Gasteiger partial charge in [0.1, 0.15) is 11.2 Å². The molecule has 0 saturated heterocycles. The molecule has 9 heteroatoms. The van der Waals surface area contributed by atoms with Gasteiger partial charge < -0.3 is 4.57 Å². The van der Waals surface area contributed by atoms with E-state index in [9.17, 15) is 8.42 Å². The Hall–Kier alpha value is -2.84. The van der Waals surface area contributed by atoms with Gasteiger partial charge in [-0.25, -0.2) is 8.42 Å². The van der Waals surface area contributed by atoms with Crippen molar-refractivity contribution in [2.75, 3.05) is 11.0 Å². The zero-order chi connectivity index (χ0) is 22.2. The minimum absolute atomic E-state index is 0.539. The molecule has 0 aliphatic heterocycles. The average Bonchev–Trinajstić information content (AvgIpc) is 3.38. The van der Waals surface area contributed by atoms with Crippen LogP contribution in [0, 0.1) is 0 Å². The van der Waals surface area contributed by atoms with Crippen molar-refractivity contribution in [2.45, 2.75) is 32.4 Å². The van der Waals surface area contributed by atoms with Crippen molar-refractivity contribution in [2.24, 2.45) is 0 Å². The van der Waals surface area contributed by atoms with Crippen LogP contribution in [0.2, 0.25) is 5.02 Å². The van der Waals surface area contributed by atoms with Crippen molar-refractivity contribution < 1.29 is 8.42 Å². The van der Waals surface area contributed by atoms with Gasteiger partial charge in [-0.1, -0.05) is 36.7 Å². The first-order valence-corrected chi connectivity index (χ1v) is 12.3. The standard InChI is InChI=1S/C22H24ClN5O2S/c1-4-22(16-9-11-17(23)12-10-16,21-15-24-28(5-2)25-21)27-14-13-18-19(26-31(3,29)30)7-6-8-20(18)27/h6-15,26H,4-5H2,1-3H3. The fourth-order valence-electron chi connectivity index (χ4n) is 4.12. The SMILES string of the molecule is CCn1ncc(C(CC)(c2ccc(Cl)cc2)n2ccc3c(NS(C)(=O)=O)cccc32)n1. The third kappa shape index (κ3) is 3.81. The van der Waals surface area contributed by atoms with E-state index in [1.807, 2.05) is 55.6 Å². The number of halogens is 1. The third-order valence-corrected chi connectivity index (χ3v) is 6.36. The maximum atomic E-state index is 11.9. The number of nitrogens with one attached hydrogen (secondary N) is 1. The fraction of sp³-hybridized carbons (Fsp3) is 0.273. The predicted octanol–water partition coefficient (Wildman–Crippen LogP) is 4.48. The maximum Gasteiger partial charge on any atom is 0.229 e. The zero-order valence-electron chi connectivity index (χ0n) is 17.6. The molecule has 0 radical (unpaired) electrons. The van der Waals surface area contributed by atoms with E-state index in [4.69, 9.17) is 16.7 Å². The Labute approximate surface area is 186 Å². The first-order valence-electron chi connectivity index (χ1n) is 10.0. The highest BCUT2D eigenvalue weighted by Gasteiger charge is 2.38. The van der Waals surface area contributed by atoms with Crippen LogP contribution in [0.1, 0.15) is 31.5 Å². The molecule has 1 unspecified atom stereocenters. The lowest BCUT2D eigenvalue weighted by Crippen LogP contribution is -2.36. The Morgan fingerprint density at radius 1 is 1.10 bits per heavy atom. The molecule has 4 rings (SSSR count). The monoisotopic (exact) mass is 457 g/mol. The summed E-state index contributed by atoms with van der Waals surface area (Å²) in [6, 6.07) is 15.2. The van der Waals surface area contributed by atoms with Crippen LogP contribution in [0.15, 0.2) is 60.9 Å². The van der Waals surface area contributed by atoms with Gasteiger partial charge in [-0.05, 0) is 49.2 Å². The van der Waals surface area contributed by atoms with E-state index in [-0.39, 0.29) is 0 Å². The van der Waals surface area contributed by atoms with E-state index in [1.165, 1.54) is 0 Å². The molecule has 4 aromatic rings. The summed E-state index contributed by atoms with van der Waals surface area (Å²) < 4.78 is 28.5. The van der Waals surface area contributed by atoms with E-state index < -0.39 is 15.6 Å². The number of rotatable bonds is 7. The normalized spacial score (nSPS) is 13.9. The second kappa shape index (κ2) is 8.01. The average molecular weight is 458 g/mol. The number of fused-ring (bicyclic) bond motifs is 1. The summed E-state index contributed by atoms with van der Waals surface area (Å²) in [6.45, 7) is 4.76. The third-order valence-electron chi connectivity index (χ3n) is 5.52. The molecule has 0 fully saturated rings. The molecule has 1 N–H and O–H groups in total. The second-order valence-electron chi connectivity index (χ2n) is 7.44. The first-order chi connectivity index (χ1) is 14.8. The molecule has 1 atom stereocenters. The molecule has 0 aliphatic rings. The van der Waals surface area contributed by atoms with Gasteiger partial charge in [-0.15, -0.1) is 0 Å². The molecule has 0 aliphatic carbocycles. The van der Waals surface area contributed by atoms with Gasteiger partial charge in [0.25, 0.3) is 0 Å². The summed E-state index contributed by atoms with van der Waals surface area (Å²) in [5.74, 6) is 0. The van der Waals surface area contributed by atoms with Crippen LogP contribution in [0.4, 0.5) is 5.69 Å². The van der Waals surface area contributed by atoms with Crippen LogP contribution in [0.25, 0.3) is 10.9 Å². The fourth-order valence-corrected chi connectivity index (χ4v) is 4.82. The van der Waals surface area contributed by atoms with Crippen molar-refractivity contribution in [3.8, 4) is 0 Å². The summed E-state index contributed by atoms with van der Waals surface area (Å²) >= 11 is 6.18. The minimum atomic E-state index is -3.41. The highest BCUT2D eigenvalue weighted by atomic mass is 35.5. The number of sulfonamides is 1. The van der Waals surface area contributed by atoms with E-state index in [2.05, 4.69) is 21.3 Å². The first kappa shape index (κ1) is 21.4. The molecule has 0 spiro atoms. The van der Waals surface area contributed by atoms with E-state index in [1.54, 1.807) is 17.1 Å². The van der Waals surface area contributed by atoms with Gasteiger partial charge in [-0.2, -0.15) is 15.0 Å². The van der Waals surface area contributed by atoms with E-state index >= 15 is 0 Å². The molecule has 2 aromatic heterocycles. The molecule has 2 aromatic carbocycles. The number of aryl methyl sites for hydroxylation is 1. The quantitative estimate of drug-likeness (QED) is 0.443. The van der Waals surface area contributed by atoms with Gasteiger partial charge in [0.15, 0.2) is 0 Å². The van der Waals surface area contributed by atoms with Gasteiger partial charge in [-0.3, -0.25) is 4.72 Å². The number of benzene rings is 2. The molecule has 7 nitrogen and oxygen atoms in total. The lowest BCUT2D eigenvalue weighted by molar-refractivity contribution is 0.408. The van der Waals surface area contributed by atoms with Gasteiger partial charge >= 0.3 is 0 Å². The molecular formula is C22H24ClN5O2S. The molecule has 31 heavy (non-hydrogen) atoms. The molecule has 0 bridgehead atoms. The molecular weight excluding hydrogens is 434 g/mol. The number of hydrogen-bond donors (Lipinski definition) is 1. The molecule has 0 amide bonds. The van der Waals surface area contributed by atoms with Crippen molar-refractivity contribution >= 4 is 38.2 Å². The van der Waals surface area contributed by atoms with Crippen LogP contribution in [0.5, 0.6) is 0 Å². The Balaban J connectivity index is 2.01. The zero-order valence-corrected chi connectivity index (χ0v) is 19.2. The highest BCUT2D eigenvalue weighted by Crippen LogP contribution is 2.40. The summed E-state index contributed by atoms with van der Waals surface area (Å²) in [7, 11) is -3.41. The Kier molecular flexibility index (Phi) is 5.53. The minimum Gasteiger partial charge on any atom is -0.331 e. The number of anilines is 1. The number of nitrogens with zero attached hydrogens (tertiary/aromatic N) is 4. The van der Waals surface area contributed by atoms with Crippen molar-refractivity contribution in [3.63, 3.8) is 0 Å². The van der Waals surface area contributed by atoms with Gasteiger partial charge in [0.2, 0.25) is 10.0 Å². The van der Waals surface area contributed by atoms with Crippen LogP contribution in [-0.4, -0.2) is 34.2 Å². The highest BCUT2D eigenvalue weighted by molar-refractivity contribution is 7.92. The Bertz CT molecular complexity index is 1330. The second-order valence-corrected chi connectivity index (χ2v) is 9.62. The Morgan fingerprint density at radius 2 is 1.84 bits per heavy atom. The summed E-state index contributed by atoms with van der Waals surface area (Å²) in [4.78, 5) is 1.66. The van der Waals surface area contributed by atoms with Crippen LogP contribution in [0.3, 0.4) is 0 Å². The van der Waals surface area contributed by atoms with Crippen LogP contribution < -0.4 is 4.72 Å². The summed E-state index contributed by atoms with van der Waals surface area (Å²) in [6.07, 6.45) is 5.62. The summed E-state index contributed by atoms with van der Waals surface area (Å²) in [5, 5.41) is 10.6. The lowest BCUT2D eigenvalue weighted by Gasteiger charge is -2.34. The lowest BCUT2D eigenvalue weighted by atomic mass is 9.83. The maximum absolute atomic E-state index is 11.9. The summed E-state index contributed by atoms with van der Waals surface area (Å²) in [5.41, 5.74) is 2.59. The van der Waals surface area contributed by atoms with Crippen molar-refractivity contribution in [1.29, 1.82) is 0 Å². The van der Waals surface area contributed by atoms with Crippen molar-refractivity contribution in [1.82, 2.24) is 19.6 Å².